The Balaban J connectivity index is 1.66. The summed E-state index contributed by atoms with van der Waals surface area (Å²) in [5, 5.41) is 0.879. The lowest BCUT2D eigenvalue weighted by Gasteiger charge is -2.31. The van der Waals surface area contributed by atoms with Gasteiger partial charge < -0.3 is 10.7 Å². The van der Waals surface area contributed by atoms with E-state index in [1.807, 2.05) is 12.3 Å². The molecule has 0 atom stereocenters. The summed E-state index contributed by atoms with van der Waals surface area (Å²) in [6.07, 6.45) is 3.68. The number of aromatic amines is 1. The van der Waals surface area contributed by atoms with Gasteiger partial charge in [-0.15, -0.1) is 11.6 Å². The van der Waals surface area contributed by atoms with Gasteiger partial charge in [-0.25, -0.2) is 17.1 Å². The Kier molecular flexibility index (Phi) is 6.55. The molecule has 1 fully saturated rings. The second kappa shape index (κ2) is 9.21. The van der Waals surface area contributed by atoms with E-state index in [0.29, 0.717) is 49.3 Å². The first-order chi connectivity index (χ1) is 15.3. The molecule has 0 aliphatic carbocycles. The minimum Gasteiger partial charge on any atom is -0.366 e. The van der Waals surface area contributed by atoms with E-state index in [1.54, 1.807) is 22.5 Å². The molecule has 2 heterocycles. The Morgan fingerprint density at radius 2 is 1.84 bits per heavy atom. The van der Waals surface area contributed by atoms with E-state index in [2.05, 4.69) is 4.98 Å². The first-order valence-electron chi connectivity index (χ1n) is 10.5. The number of H-pyrrole nitrogens is 1. The summed E-state index contributed by atoms with van der Waals surface area (Å²) >= 11 is 5.65. The minimum absolute atomic E-state index is 0.0667. The maximum absolute atomic E-state index is 13.4. The van der Waals surface area contributed by atoms with Gasteiger partial charge in [0, 0.05) is 30.6 Å². The van der Waals surface area contributed by atoms with Crippen molar-refractivity contribution in [3.63, 3.8) is 0 Å². The van der Waals surface area contributed by atoms with Crippen molar-refractivity contribution in [2.45, 2.75) is 25.2 Å². The number of piperidine rings is 1. The van der Waals surface area contributed by atoms with Gasteiger partial charge >= 0.3 is 0 Å². The van der Waals surface area contributed by atoms with Crippen LogP contribution in [0.5, 0.6) is 0 Å². The molecule has 32 heavy (non-hydrogen) atoms. The number of primary amides is 1. The number of alkyl halides is 1. The molecule has 4 rings (SSSR count). The maximum atomic E-state index is 13.4. The molecule has 1 aliphatic heterocycles. The lowest BCUT2D eigenvalue weighted by atomic mass is 9.88. The molecule has 2 aromatic carbocycles. The third-order valence-electron chi connectivity index (χ3n) is 6.09. The van der Waals surface area contributed by atoms with E-state index in [0.717, 1.165) is 22.1 Å². The van der Waals surface area contributed by atoms with E-state index in [4.69, 9.17) is 17.3 Å². The fourth-order valence-electron chi connectivity index (χ4n) is 4.41. The normalized spacial score (nSPS) is 15.9. The number of benzene rings is 2. The van der Waals surface area contributed by atoms with Crippen LogP contribution in [0.4, 0.5) is 4.39 Å². The van der Waals surface area contributed by atoms with Gasteiger partial charge in [-0.2, -0.15) is 0 Å². The van der Waals surface area contributed by atoms with E-state index < -0.39 is 15.9 Å². The Morgan fingerprint density at radius 3 is 2.47 bits per heavy atom. The molecule has 0 saturated carbocycles. The number of nitrogens with zero attached hydrogens (tertiary/aromatic N) is 1. The Hall–Kier alpha value is -2.42. The van der Waals surface area contributed by atoms with Gasteiger partial charge in [-0.05, 0) is 66.1 Å². The highest BCUT2D eigenvalue weighted by atomic mass is 35.5. The van der Waals surface area contributed by atoms with Crippen LogP contribution in [-0.4, -0.2) is 48.3 Å². The molecule has 1 aliphatic rings. The summed E-state index contributed by atoms with van der Waals surface area (Å²) in [4.78, 5) is 15.3. The molecule has 0 radical (unpaired) electrons. The van der Waals surface area contributed by atoms with Gasteiger partial charge in [-0.3, -0.25) is 4.79 Å². The fraction of sp³-hybridized carbons (Fsp3) is 0.348. The highest BCUT2D eigenvalue weighted by molar-refractivity contribution is 7.89. The number of carbonyl (C=O) groups is 1. The highest BCUT2D eigenvalue weighted by Gasteiger charge is 2.29. The van der Waals surface area contributed by atoms with Crippen molar-refractivity contribution in [3.05, 3.63) is 59.5 Å². The van der Waals surface area contributed by atoms with Crippen LogP contribution in [0.15, 0.2) is 42.6 Å². The van der Waals surface area contributed by atoms with Gasteiger partial charge in [0.1, 0.15) is 5.82 Å². The van der Waals surface area contributed by atoms with Crippen LogP contribution in [0, 0.1) is 5.82 Å². The van der Waals surface area contributed by atoms with E-state index in [1.165, 1.54) is 12.1 Å². The number of rotatable bonds is 7. The number of halogens is 2. The number of nitrogens with one attached hydrogen (secondary N) is 1. The maximum Gasteiger partial charge on any atom is 0.250 e. The van der Waals surface area contributed by atoms with Crippen LogP contribution in [0.2, 0.25) is 0 Å². The minimum atomic E-state index is -3.30. The molecular weight excluding hydrogens is 453 g/mol. The molecule has 170 valence electrons. The molecule has 1 saturated heterocycles. The largest absolute Gasteiger partial charge is 0.366 e. The number of sulfonamides is 1. The van der Waals surface area contributed by atoms with Crippen molar-refractivity contribution in [2.24, 2.45) is 5.73 Å². The van der Waals surface area contributed by atoms with Gasteiger partial charge in [0.25, 0.3) is 5.91 Å². The number of carbonyl (C=O) groups excluding carboxylic acids is 1. The number of fused-ring (bicyclic) bond motifs is 1. The first kappa shape index (κ1) is 22.8. The van der Waals surface area contributed by atoms with Crippen LogP contribution in [0.1, 0.15) is 41.1 Å². The highest BCUT2D eigenvalue weighted by Crippen LogP contribution is 2.37. The van der Waals surface area contributed by atoms with Crippen molar-refractivity contribution in [3.8, 4) is 11.1 Å². The SMILES string of the molecule is NC(=O)c1cc(-c2ccc(F)cc2)cc2c(C3CCN(S(=O)(=O)CCCCl)CC3)c[nH]c12. The second-order valence-electron chi connectivity index (χ2n) is 8.09. The average Bonchev–Trinajstić information content (AvgIpc) is 3.21. The smallest absolute Gasteiger partial charge is 0.250 e. The topological polar surface area (TPSA) is 96.3 Å². The van der Waals surface area contributed by atoms with E-state index in [-0.39, 0.29) is 17.5 Å². The predicted molar refractivity (Wildman–Crippen MR) is 125 cm³/mol. The van der Waals surface area contributed by atoms with Crippen molar-refractivity contribution >= 4 is 38.4 Å². The third-order valence-corrected chi connectivity index (χ3v) is 8.31. The van der Waals surface area contributed by atoms with Crippen LogP contribution < -0.4 is 5.73 Å². The molecule has 1 amide bonds. The van der Waals surface area contributed by atoms with Crippen LogP contribution in [0.25, 0.3) is 22.0 Å². The molecule has 6 nitrogen and oxygen atoms in total. The molecule has 1 aromatic heterocycles. The number of nitrogens with two attached hydrogens (primary N) is 1. The Bertz CT molecular complexity index is 1230. The third kappa shape index (κ3) is 4.53. The molecule has 0 bridgehead atoms. The summed E-state index contributed by atoms with van der Waals surface area (Å²) < 4.78 is 39.9. The Labute approximate surface area is 191 Å². The van der Waals surface area contributed by atoms with Gasteiger partial charge in [0.15, 0.2) is 0 Å². The molecule has 0 unspecified atom stereocenters. The van der Waals surface area contributed by atoms with E-state index in [9.17, 15) is 17.6 Å². The van der Waals surface area contributed by atoms with Crippen LogP contribution >= 0.6 is 11.6 Å². The van der Waals surface area contributed by atoms with Gasteiger partial charge in [0.2, 0.25) is 10.0 Å². The zero-order valence-corrected chi connectivity index (χ0v) is 19.1. The molecular formula is C23H25ClFN3O3S. The summed E-state index contributed by atoms with van der Waals surface area (Å²) in [7, 11) is -3.30. The van der Waals surface area contributed by atoms with Crippen LogP contribution in [-0.2, 0) is 10.0 Å². The molecule has 3 N–H and O–H groups in total. The number of hydrogen-bond acceptors (Lipinski definition) is 3. The van der Waals surface area contributed by atoms with Crippen LogP contribution in [0.3, 0.4) is 0 Å². The first-order valence-corrected chi connectivity index (χ1v) is 12.7. The number of hydrogen-bond donors (Lipinski definition) is 2. The zero-order valence-electron chi connectivity index (χ0n) is 17.5. The fourth-order valence-corrected chi connectivity index (χ4v) is 6.23. The number of aromatic nitrogens is 1. The summed E-state index contributed by atoms with van der Waals surface area (Å²) in [5.74, 6) is -0.346. The zero-order chi connectivity index (χ0) is 22.9. The lowest BCUT2D eigenvalue weighted by Crippen LogP contribution is -2.39. The Morgan fingerprint density at radius 1 is 1.16 bits per heavy atom. The molecule has 9 heteroatoms. The predicted octanol–water partition coefficient (Wildman–Crippen LogP) is 4.21. The molecule has 3 aromatic rings. The molecule has 0 spiro atoms. The van der Waals surface area contributed by atoms with Crippen molar-refractivity contribution in [1.82, 2.24) is 9.29 Å². The van der Waals surface area contributed by atoms with Gasteiger partial charge in [0.05, 0.1) is 16.8 Å². The summed E-state index contributed by atoms with van der Waals surface area (Å²) in [6.45, 7) is 0.893. The lowest BCUT2D eigenvalue weighted by molar-refractivity contribution is 0.100. The average molecular weight is 478 g/mol. The van der Waals surface area contributed by atoms with Crippen molar-refractivity contribution in [2.75, 3.05) is 24.7 Å². The monoisotopic (exact) mass is 477 g/mol. The van der Waals surface area contributed by atoms with Crippen molar-refractivity contribution < 1.29 is 17.6 Å². The van der Waals surface area contributed by atoms with E-state index >= 15 is 0 Å². The standard InChI is InChI=1S/C23H25ClFN3O3S/c24-8-1-11-32(30,31)28-9-6-16(7-10-28)21-14-27-22-19(21)12-17(13-20(22)23(26)29)15-2-4-18(25)5-3-15/h2-5,12-14,16,27H,1,6-11H2,(H2,26,29). The second-order valence-corrected chi connectivity index (χ2v) is 10.6. The number of amides is 1. The van der Waals surface area contributed by atoms with Crippen molar-refractivity contribution in [1.29, 1.82) is 0 Å². The quantitative estimate of drug-likeness (QED) is 0.499. The summed E-state index contributed by atoms with van der Waals surface area (Å²) in [5.41, 5.74) is 9.26. The summed E-state index contributed by atoms with van der Waals surface area (Å²) in [6, 6.07) is 9.77. The van der Waals surface area contributed by atoms with Gasteiger partial charge in [-0.1, -0.05) is 12.1 Å².